The van der Waals surface area contributed by atoms with Crippen LogP contribution in [0.15, 0.2) is 36.4 Å². The molecule has 0 fully saturated rings. The molecular weight excluding hydrogens is 261 g/mol. The summed E-state index contributed by atoms with van der Waals surface area (Å²) < 4.78 is 18.4. The predicted octanol–water partition coefficient (Wildman–Crippen LogP) is 3.42. The number of halogens is 1. The van der Waals surface area contributed by atoms with E-state index >= 15 is 0 Å². The van der Waals surface area contributed by atoms with Gasteiger partial charge in [0.1, 0.15) is 11.5 Å². The number of benzene rings is 2. The first-order chi connectivity index (χ1) is 9.51. The van der Waals surface area contributed by atoms with E-state index in [4.69, 9.17) is 4.74 Å². The van der Waals surface area contributed by atoms with E-state index in [2.05, 4.69) is 5.32 Å². The molecule has 20 heavy (non-hydrogen) atoms. The zero-order valence-corrected chi connectivity index (χ0v) is 11.2. The molecule has 4 nitrogen and oxygen atoms in total. The van der Waals surface area contributed by atoms with E-state index in [9.17, 15) is 14.6 Å². The van der Waals surface area contributed by atoms with Crippen LogP contribution in [0.4, 0.5) is 10.1 Å². The van der Waals surface area contributed by atoms with Crippen LogP contribution in [0.2, 0.25) is 0 Å². The van der Waals surface area contributed by atoms with Gasteiger partial charge in [0.25, 0.3) is 0 Å². The Morgan fingerprint density at radius 3 is 2.50 bits per heavy atom. The van der Waals surface area contributed by atoms with Crippen molar-refractivity contribution in [1.29, 1.82) is 0 Å². The fourth-order valence-corrected chi connectivity index (χ4v) is 1.98. The monoisotopic (exact) mass is 277 g/mol. The Hall–Kier alpha value is -2.43. The van der Waals surface area contributed by atoms with Gasteiger partial charge in [-0.15, -0.1) is 0 Å². The van der Waals surface area contributed by atoms with Gasteiger partial charge in [-0.1, -0.05) is 0 Å². The van der Waals surface area contributed by atoms with Gasteiger partial charge in [0, 0.05) is 23.4 Å². The van der Waals surface area contributed by atoms with Crippen LogP contribution in [0.1, 0.15) is 18.5 Å². The minimum Gasteiger partial charge on any atom is -0.508 e. The highest BCUT2D eigenvalue weighted by Gasteiger charge is 2.12. The van der Waals surface area contributed by atoms with Crippen molar-refractivity contribution in [3.05, 3.63) is 47.8 Å². The van der Waals surface area contributed by atoms with E-state index in [1.807, 2.05) is 6.92 Å². The molecule has 1 atom stereocenters. The average molecular weight is 277 g/mol. The van der Waals surface area contributed by atoms with Crippen molar-refractivity contribution in [1.82, 2.24) is 0 Å². The van der Waals surface area contributed by atoms with Crippen molar-refractivity contribution >= 4 is 5.69 Å². The number of aromatic hydroxyl groups is 2. The SMILES string of the molecule is COc1ccc(NC(C)c2ccc(O)cc2O)cc1F. The molecule has 0 heterocycles. The molecule has 0 aliphatic rings. The van der Waals surface area contributed by atoms with Crippen molar-refractivity contribution < 1.29 is 19.3 Å². The molecule has 0 radical (unpaired) electrons. The van der Waals surface area contributed by atoms with Gasteiger partial charge < -0.3 is 20.3 Å². The molecule has 1 unspecified atom stereocenters. The Labute approximate surface area is 116 Å². The van der Waals surface area contributed by atoms with Crippen LogP contribution >= 0.6 is 0 Å². The largest absolute Gasteiger partial charge is 0.508 e. The molecule has 0 spiro atoms. The summed E-state index contributed by atoms with van der Waals surface area (Å²) in [6.07, 6.45) is 0. The van der Waals surface area contributed by atoms with Crippen molar-refractivity contribution in [2.24, 2.45) is 0 Å². The Balaban J connectivity index is 2.18. The number of anilines is 1. The molecule has 0 aliphatic heterocycles. The highest BCUT2D eigenvalue weighted by atomic mass is 19.1. The first-order valence-electron chi connectivity index (χ1n) is 6.13. The lowest BCUT2D eigenvalue weighted by Gasteiger charge is -2.17. The third kappa shape index (κ3) is 2.93. The zero-order chi connectivity index (χ0) is 14.7. The second kappa shape index (κ2) is 5.69. The van der Waals surface area contributed by atoms with Crippen molar-refractivity contribution in [3.63, 3.8) is 0 Å². The molecule has 2 rings (SSSR count). The number of phenolic OH excluding ortho intramolecular Hbond substituents is 2. The molecule has 0 saturated heterocycles. The first kappa shape index (κ1) is 14.0. The third-order valence-electron chi connectivity index (χ3n) is 3.02. The summed E-state index contributed by atoms with van der Waals surface area (Å²) >= 11 is 0. The van der Waals surface area contributed by atoms with Crippen molar-refractivity contribution in [3.8, 4) is 17.2 Å². The zero-order valence-electron chi connectivity index (χ0n) is 11.2. The van der Waals surface area contributed by atoms with Crippen LogP contribution in [-0.4, -0.2) is 17.3 Å². The molecule has 2 aromatic rings. The van der Waals surface area contributed by atoms with Crippen LogP contribution in [0.3, 0.4) is 0 Å². The molecule has 106 valence electrons. The second-order valence-electron chi connectivity index (χ2n) is 4.46. The van der Waals surface area contributed by atoms with Gasteiger partial charge in [-0.3, -0.25) is 0 Å². The summed E-state index contributed by atoms with van der Waals surface area (Å²) in [5.41, 5.74) is 1.18. The Kier molecular flexibility index (Phi) is 3.98. The maximum Gasteiger partial charge on any atom is 0.167 e. The molecule has 0 amide bonds. The van der Waals surface area contributed by atoms with Crippen molar-refractivity contribution in [2.75, 3.05) is 12.4 Å². The Bertz CT molecular complexity index is 616. The van der Waals surface area contributed by atoms with Gasteiger partial charge in [-0.2, -0.15) is 0 Å². The van der Waals surface area contributed by atoms with Gasteiger partial charge in [-0.25, -0.2) is 4.39 Å². The molecule has 2 aromatic carbocycles. The molecule has 3 N–H and O–H groups in total. The van der Waals surface area contributed by atoms with E-state index in [0.717, 1.165) is 0 Å². The number of ether oxygens (including phenoxy) is 1. The topological polar surface area (TPSA) is 61.7 Å². The normalized spacial score (nSPS) is 11.9. The fourth-order valence-electron chi connectivity index (χ4n) is 1.98. The summed E-state index contributed by atoms with van der Waals surface area (Å²) in [6.45, 7) is 1.83. The lowest BCUT2D eigenvalue weighted by molar-refractivity contribution is 0.386. The van der Waals surface area contributed by atoms with Gasteiger partial charge in [0.05, 0.1) is 13.2 Å². The first-order valence-corrected chi connectivity index (χ1v) is 6.13. The number of nitrogens with one attached hydrogen (secondary N) is 1. The number of hydrogen-bond acceptors (Lipinski definition) is 4. The van der Waals surface area contributed by atoms with Gasteiger partial charge >= 0.3 is 0 Å². The highest BCUT2D eigenvalue weighted by molar-refractivity contribution is 5.51. The maximum absolute atomic E-state index is 13.6. The van der Waals surface area contributed by atoms with Crippen molar-refractivity contribution in [2.45, 2.75) is 13.0 Å². The standard InChI is InChI=1S/C15H16FNO3/c1-9(12-5-4-11(18)8-14(12)19)17-10-3-6-15(20-2)13(16)7-10/h3-9,17-19H,1-2H3. The smallest absolute Gasteiger partial charge is 0.167 e. The highest BCUT2D eigenvalue weighted by Crippen LogP contribution is 2.30. The van der Waals surface area contributed by atoms with Crippen LogP contribution in [0.5, 0.6) is 17.2 Å². The Morgan fingerprint density at radius 2 is 1.90 bits per heavy atom. The van der Waals surface area contributed by atoms with E-state index in [0.29, 0.717) is 11.3 Å². The van der Waals surface area contributed by atoms with Crippen LogP contribution in [0, 0.1) is 5.82 Å². The number of rotatable bonds is 4. The third-order valence-corrected chi connectivity index (χ3v) is 3.02. The molecule has 5 heteroatoms. The number of methoxy groups -OCH3 is 1. The average Bonchev–Trinajstić information content (AvgIpc) is 2.38. The molecule has 0 bridgehead atoms. The summed E-state index contributed by atoms with van der Waals surface area (Å²) in [6, 6.07) is 8.67. The predicted molar refractivity (Wildman–Crippen MR) is 74.8 cm³/mol. The fraction of sp³-hybridized carbons (Fsp3) is 0.200. The molecule has 0 aromatic heterocycles. The van der Waals surface area contributed by atoms with Crippen LogP contribution < -0.4 is 10.1 Å². The lowest BCUT2D eigenvalue weighted by atomic mass is 10.1. The number of phenols is 2. The van der Waals surface area contributed by atoms with Crippen LogP contribution in [-0.2, 0) is 0 Å². The van der Waals surface area contributed by atoms with Gasteiger partial charge in [-0.05, 0) is 31.2 Å². The molecule has 0 aliphatic carbocycles. The van der Waals surface area contributed by atoms with E-state index in [-0.39, 0.29) is 23.3 Å². The quantitative estimate of drug-likeness (QED) is 0.801. The Morgan fingerprint density at radius 1 is 1.15 bits per heavy atom. The lowest BCUT2D eigenvalue weighted by Crippen LogP contribution is -2.07. The van der Waals surface area contributed by atoms with E-state index in [1.165, 1.54) is 31.4 Å². The molecular formula is C15H16FNO3. The summed E-state index contributed by atoms with van der Waals surface area (Å²) in [5, 5.41) is 22.1. The van der Waals surface area contributed by atoms with Gasteiger partial charge in [0.15, 0.2) is 11.6 Å². The minimum atomic E-state index is -0.459. The van der Waals surface area contributed by atoms with E-state index < -0.39 is 5.82 Å². The summed E-state index contributed by atoms with van der Waals surface area (Å²) in [7, 11) is 1.41. The van der Waals surface area contributed by atoms with E-state index in [1.54, 1.807) is 12.1 Å². The maximum atomic E-state index is 13.6. The summed E-state index contributed by atoms with van der Waals surface area (Å²) in [4.78, 5) is 0. The molecule has 0 saturated carbocycles. The van der Waals surface area contributed by atoms with Crippen LogP contribution in [0.25, 0.3) is 0 Å². The second-order valence-corrected chi connectivity index (χ2v) is 4.46. The minimum absolute atomic E-state index is 0.00561. The summed E-state index contributed by atoms with van der Waals surface area (Å²) in [5.74, 6) is -0.303. The van der Waals surface area contributed by atoms with Gasteiger partial charge in [0.2, 0.25) is 0 Å². The number of hydrogen-bond donors (Lipinski definition) is 3.